The van der Waals surface area contributed by atoms with Crippen molar-refractivity contribution >= 4 is 11.6 Å². The monoisotopic (exact) mass is 332 g/mol. The molecule has 5 heteroatoms. The van der Waals surface area contributed by atoms with Crippen LogP contribution in [0.2, 0.25) is 0 Å². The van der Waals surface area contributed by atoms with Crippen LogP contribution >= 0.6 is 0 Å². The van der Waals surface area contributed by atoms with Crippen molar-refractivity contribution in [3.05, 3.63) is 18.2 Å². The van der Waals surface area contributed by atoms with Crippen molar-refractivity contribution in [2.45, 2.75) is 64.0 Å². The van der Waals surface area contributed by atoms with E-state index in [1.807, 2.05) is 25.1 Å². The molecule has 0 spiro atoms. The fourth-order valence-corrected chi connectivity index (χ4v) is 3.42. The molecule has 132 valence electrons. The molecule has 24 heavy (non-hydrogen) atoms. The SMILES string of the molecule is C[C@@H](NC1CCCCCCC1)C(=O)Nc1ccc2c(c1)OCCO2. The van der Waals surface area contributed by atoms with Crippen molar-refractivity contribution < 1.29 is 14.3 Å². The summed E-state index contributed by atoms with van der Waals surface area (Å²) < 4.78 is 11.1. The number of carbonyl (C=O) groups excluding carboxylic acids is 1. The first-order valence-corrected chi connectivity index (χ1v) is 9.19. The minimum Gasteiger partial charge on any atom is -0.486 e. The first-order valence-electron chi connectivity index (χ1n) is 9.19. The zero-order valence-electron chi connectivity index (χ0n) is 14.5. The van der Waals surface area contributed by atoms with Crippen LogP contribution < -0.4 is 20.1 Å². The maximum atomic E-state index is 12.5. The second-order valence-electron chi connectivity index (χ2n) is 6.78. The Morgan fingerprint density at radius 2 is 1.71 bits per heavy atom. The summed E-state index contributed by atoms with van der Waals surface area (Å²) in [4.78, 5) is 12.5. The number of anilines is 1. The van der Waals surface area contributed by atoms with Crippen LogP contribution in [-0.2, 0) is 4.79 Å². The number of hydrogen-bond acceptors (Lipinski definition) is 4. The molecule has 0 unspecified atom stereocenters. The topological polar surface area (TPSA) is 59.6 Å². The number of ether oxygens (including phenoxy) is 2. The number of carbonyl (C=O) groups is 1. The number of nitrogens with one attached hydrogen (secondary N) is 2. The van der Waals surface area contributed by atoms with E-state index < -0.39 is 0 Å². The van der Waals surface area contributed by atoms with E-state index in [4.69, 9.17) is 9.47 Å². The molecular weight excluding hydrogens is 304 g/mol. The summed E-state index contributed by atoms with van der Waals surface area (Å²) in [6.45, 7) is 3.05. The van der Waals surface area contributed by atoms with E-state index >= 15 is 0 Å². The van der Waals surface area contributed by atoms with Gasteiger partial charge in [0.1, 0.15) is 13.2 Å². The van der Waals surface area contributed by atoms with Gasteiger partial charge in [0.05, 0.1) is 6.04 Å². The molecule has 1 aliphatic heterocycles. The Balaban J connectivity index is 1.53. The number of fused-ring (bicyclic) bond motifs is 1. The van der Waals surface area contributed by atoms with Crippen LogP contribution in [0.5, 0.6) is 11.5 Å². The average Bonchev–Trinajstić information content (AvgIpc) is 2.57. The van der Waals surface area contributed by atoms with Gasteiger partial charge in [-0.25, -0.2) is 0 Å². The second kappa shape index (κ2) is 8.38. The van der Waals surface area contributed by atoms with Crippen LogP contribution in [0.4, 0.5) is 5.69 Å². The molecule has 1 aliphatic carbocycles. The van der Waals surface area contributed by atoms with E-state index in [1.54, 1.807) is 0 Å². The Morgan fingerprint density at radius 3 is 2.46 bits per heavy atom. The maximum absolute atomic E-state index is 12.5. The molecular formula is C19H28N2O3. The van der Waals surface area contributed by atoms with Gasteiger partial charge in [0.15, 0.2) is 11.5 Å². The lowest BCUT2D eigenvalue weighted by atomic mass is 9.96. The largest absolute Gasteiger partial charge is 0.486 e. The Hall–Kier alpha value is -1.75. The van der Waals surface area contributed by atoms with Crippen molar-refractivity contribution in [1.29, 1.82) is 0 Å². The van der Waals surface area contributed by atoms with Crippen LogP contribution in [0.1, 0.15) is 51.9 Å². The van der Waals surface area contributed by atoms with Crippen molar-refractivity contribution in [2.75, 3.05) is 18.5 Å². The number of benzene rings is 1. The van der Waals surface area contributed by atoms with E-state index in [1.165, 1.54) is 44.9 Å². The van der Waals surface area contributed by atoms with Gasteiger partial charge in [0.2, 0.25) is 5.91 Å². The highest BCUT2D eigenvalue weighted by molar-refractivity contribution is 5.94. The quantitative estimate of drug-likeness (QED) is 0.886. The molecule has 3 rings (SSSR count). The van der Waals surface area contributed by atoms with Crippen LogP contribution in [0.25, 0.3) is 0 Å². The molecule has 0 aromatic heterocycles. The van der Waals surface area contributed by atoms with Gasteiger partial charge in [0.25, 0.3) is 0 Å². The molecule has 1 saturated carbocycles. The van der Waals surface area contributed by atoms with Crippen LogP contribution in [0, 0.1) is 0 Å². The highest BCUT2D eigenvalue weighted by Gasteiger charge is 2.19. The Kier molecular flexibility index (Phi) is 5.96. The summed E-state index contributed by atoms with van der Waals surface area (Å²) in [6, 6.07) is 5.77. The third-order valence-corrected chi connectivity index (χ3v) is 4.79. The van der Waals surface area contributed by atoms with E-state index in [2.05, 4.69) is 10.6 Å². The summed E-state index contributed by atoms with van der Waals surface area (Å²) in [6.07, 6.45) is 8.84. The molecule has 0 bridgehead atoms. The molecule has 1 atom stereocenters. The lowest BCUT2D eigenvalue weighted by Crippen LogP contribution is -2.44. The Morgan fingerprint density at radius 1 is 1.04 bits per heavy atom. The molecule has 1 aromatic carbocycles. The molecule has 1 aromatic rings. The van der Waals surface area contributed by atoms with E-state index in [-0.39, 0.29) is 11.9 Å². The summed E-state index contributed by atoms with van der Waals surface area (Å²) in [7, 11) is 0. The zero-order chi connectivity index (χ0) is 16.8. The van der Waals surface area contributed by atoms with Crippen molar-refractivity contribution in [1.82, 2.24) is 5.32 Å². The predicted octanol–water partition coefficient (Wildman–Crippen LogP) is 3.49. The van der Waals surface area contributed by atoms with Crippen molar-refractivity contribution in [3.63, 3.8) is 0 Å². The highest BCUT2D eigenvalue weighted by atomic mass is 16.6. The van der Waals surface area contributed by atoms with Crippen molar-refractivity contribution in [3.8, 4) is 11.5 Å². The van der Waals surface area contributed by atoms with Gasteiger partial charge in [0, 0.05) is 17.8 Å². The van der Waals surface area contributed by atoms with Gasteiger partial charge in [-0.1, -0.05) is 32.1 Å². The minimum absolute atomic E-state index is 0.00580. The third kappa shape index (κ3) is 4.63. The number of rotatable bonds is 4. The van der Waals surface area contributed by atoms with Gasteiger partial charge >= 0.3 is 0 Å². The number of hydrogen-bond donors (Lipinski definition) is 2. The van der Waals surface area contributed by atoms with E-state index in [9.17, 15) is 4.79 Å². The fourth-order valence-electron chi connectivity index (χ4n) is 3.42. The maximum Gasteiger partial charge on any atom is 0.241 e. The van der Waals surface area contributed by atoms with E-state index in [0.717, 1.165) is 11.4 Å². The number of amides is 1. The third-order valence-electron chi connectivity index (χ3n) is 4.79. The lowest BCUT2D eigenvalue weighted by molar-refractivity contribution is -0.118. The minimum atomic E-state index is -0.206. The molecule has 2 N–H and O–H groups in total. The normalized spacial score (nSPS) is 19.9. The standard InChI is InChI=1S/C19H28N2O3/c1-14(20-15-7-5-3-2-4-6-8-15)19(22)21-16-9-10-17-18(13-16)24-12-11-23-17/h9-10,13-15,20H,2-8,11-12H2,1H3,(H,21,22)/t14-/m1/s1. The van der Waals surface area contributed by atoms with Crippen LogP contribution in [0.3, 0.4) is 0 Å². The van der Waals surface area contributed by atoms with Gasteiger partial charge < -0.3 is 20.1 Å². The lowest BCUT2D eigenvalue weighted by Gasteiger charge is -2.25. The first-order chi connectivity index (χ1) is 11.7. The summed E-state index contributed by atoms with van der Waals surface area (Å²) in [5, 5.41) is 6.47. The molecule has 5 nitrogen and oxygen atoms in total. The molecule has 1 fully saturated rings. The summed E-state index contributed by atoms with van der Waals surface area (Å²) >= 11 is 0. The van der Waals surface area contributed by atoms with Gasteiger partial charge in [-0.05, 0) is 31.9 Å². The first kappa shape index (κ1) is 17.1. The second-order valence-corrected chi connectivity index (χ2v) is 6.78. The van der Waals surface area contributed by atoms with Gasteiger partial charge in [-0.15, -0.1) is 0 Å². The molecule has 1 amide bonds. The van der Waals surface area contributed by atoms with Crippen LogP contribution in [0.15, 0.2) is 18.2 Å². The smallest absolute Gasteiger partial charge is 0.241 e. The average molecular weight is 332 g/mol. The van der Waals surface area contributed by atoms with Gasteiger partial charge in [-0.3, -0.25) is 4.79 Å². The summed E-state index contributed by atoms with van der Waals surface area (Å²) in [5.74, 6) is 1.42. The van der Waals surface area contributed by atoms with E-state index in [0.29, 0.717) is 25.0 Å². The summed E-state index contributed by atoms with van der Waals surface area (Å²) in [5.41, 5.74) is 0.746. The predicted molar refractivity (Wildman–Crippen MR) is 94.8 cm³/mol. The fraction of sp³-hybridized carbons (Fsp3) is 0.632. The molecule has 0 radical (unpaired) electrons. The molecule has 1 heterocycles. The van der Waals surface area contributed by atoms with Crippen molar-refractivity contribution in [2.24, 2.45) is 0 Å². The van der Waals surface area contributed by atoms with Crippen LogP contribution in [-0.4, -0.2) is 31.2 Å². The molecule has 0 saturated heterocycles. The Labute approximate surface area is 144 Å². The molecule has 2 aliphatic rings. The van der Waals surface area contributed by atoms with Gasteiger partial charge in [-0.2, -0.15) is 0 Å². The highest BCUT2D eigenvalue weighted by Crippen LogP contribution is 2.32. The Bertz CT molecular complexity index is 554. The zero-order valence-corrected chi connectivity index (χ0v) is 14.5.